The number of unbranched alkanes of at least 4 members (excludes halogenated alkanes) is 2. The molecule has 74 valence electrons. The molecular formula is C8H15F3O. The fraction of sp³-hybridized carbons (Fsp3) is 1.00. The minimum Gasteiger partial charge on any atom is -0.393 e. The van der Waals surface area contributed by atoms with Crippen LogP contribution >= 0.6 is 0 Å². The molecule has 0 aliphatic heterocycles. The van der Waals surface area contributed by atoms with Gasteiger partial charge in [-0.15, -0.1) is 0 Å². The lowest BCUT2D eigenvalue weighted by atomic mass is 10.1. The zero-order valence-electron chi connectivity index (χ0n) is 7.19. The van der Waals surface area contributed by atoms with Crippen LogP contribution in [0, 0.1) is 0 Å². The molecule has 0 aromatic heterocycles. The Hall–Kier alpha value is -0.250. The molecule has 0 aliphatic carbocycles. The van der Waals surface area contributed by atoms with Gasteiger partial charge in [-0.05, 0) is 19.8 Å². The first kappa shape index (κ1) is 11.8. The predicted molar refractivity (Wildman–Crippen MR) is 40.8 cm³/mol. The van der Waals surface area contributed by atoms with Crippen molar-refractivity contribution in [3.8, 4) is 0 Å². The summed E-state index contributed by atoms with van der Waals surface area (Å²) in [5.74, 6) is 0. The normalized spacial score (nSPS) is 14.8. The summed E-state index contributed by atoms with van der Waals surface area (Å²) in [7, 11) is 0. The maximum absolute atomic E-state index is 11.6. The van der Waals surface area contributed by atoms with Gasteiger partial charge in [0, 0.05) is 6.42 Å². The molecular weight excluding hydrogens is 169 g/mol. The summed E-state index contributed by atoms with van der Waals surface area (Å²) >= 11 is 0. The van der Waals surface area contributed by atoms with Gasteiger partial charge in [0.2, 0.25) is 0 Å². The van der Waals surface area contributed by atoms with Crippen molar-refractivity contribution in [1.82, 2.24) is 0 Å². The summed E-state index contributed by atoms with van der Waals surface area (Å²) in [6, 6.07) is 0. The summed E-state index contributed by atoms with van der Waals surface area (Å²) in [5.41, 5.74) is 0. The van der Waals surface area contributed by atoms with Crippen LogP contribution in [0.2, 0.25) is 0 Å². The monoisotopic (exact) mass is 184 g/mol. The van der Waals surface area contributed by atoms with Gasteiger partial charge in [0.15, 0.2) is 0 Å². The molecule has 0 aliphatic rings. The largest absolute Gasteiger partial charge is 0.393 e. The number of halogens is 3. The van der Waals surface area contributed by atoms with Crippen molar-refractivity contribution in [3.63, 3.8) is 0 Å². The number of rotatable bonds is 5. The van der Waals surface area contributed by atoms with Gasteiger partial charge in [0.05, 0.1) is 6.10 Å². The standard InChI is InChI=1S/C8H15F3O/c1-7(12)5-3-2-4-6-8(9,10)11/h7,12H,2-6H2,1H3. The van der Waals surface area contributed by atoms with Crippen molar-refractivity contribution in [2.45, 2.75) is 51.3 Å². The lowest BCUT2D eigenvalue weighted by Gasteiger charge is -2.06. The van der Waals surface area contributed by atoms with Crippen molar-refractivity contribution < 1.29 is 18.3 Å². The van der Waals surface area contributed by atoms with Gasteiger partial charge in [-0.3, -0.25) is 0 Å². The zero-order valence-corrected chi connectivity index (χ0v) is 7.19. The molecule has 0 amide bonds. The molecule has 1 N–H and O–H groups in total. The molecule has 0 fully saturated rings. The van der Waals surface area contributed by atoms with Gasteiger partial charge < -0.3 is 5.11 Å². The molecule has 0 saturated heterocycles. The maximum Gasteiger partial charge on any atom is 0.389 e. The van der Waals surface area contributed by atoms with Crippen molar-refractivity contribution in [2.75, 3.05) is 0 Å². The SMILES string of the molecule is CC(O)CCCCCC(F)(F)F. The Labute approximate surface area is 70.6 Å². The molecule has 0 saturated carbocycles. The lowest BCUT2D eigenvalue weighted by molar-refractivity contribution is -0.135. The quantitative estimate of drug-likeness (QED) is 0.651. The Kier molecular flexibility index (Phi) is 5.29. The van der Waals surface area contributed by atoms with E-state index < -0.39 is 18.7 Å². The molecule has 4 heteroatoms. The van der Waals surface area contributed by atoms with Crippen LogP contribution in [0.1, 0.15) is 39.0 Å². The van der Waals surface area contributed by atoms with Gasteiger partial charge in [0.25, 0.3) is 0 Å². The highest BCUT2D eigenvalue weighted by molar-refractivity contribution is 4.53. The fourth-order valence-corrected chi connectivity index (χ4v) is 0.942. The van der Waals surface area contributed by atoms with Crippen molar-refractivity contribution >= 4 is 0 Å². The van der Waals surface area contributed by atoms with Crippen LogP contribution in [0.3, 0.4) is 0 Å². The van der Waals surface area contributed by atoms with Crippen LogP contribution in [0.5, 0.6) is 0 Å². The average molecular weight is 184 g/mol. The smallest absolute Gasteiger partial charge is 0.389 e. The van der Waals surface area contributed by atoms with E-state index in [-0.39, 0.29) is 6.42 Å². The van der Waals surface area contributed by atoms with E-state index in [1.165, 1.54) is 0 Å². The van der Waals surface area contributed by atoms with Crippen molar-refractivity contribution in [3.05, 3.63) is 0 Å². The molecule has 1 atom stereocenters. The molecule has 0 radical (unpaired) electrons. The summed E-state index contributed by atoms with van der Waals surface area (Å²) in [5, 5.41) is 8.79. The first-order valence-electron chi connectivity index (χ1n) is 4.16. The van der Waals surface area contributed by atoms with Crippen LogP contribution in [-0.4, -0.2) is 17.4 Å². The van der Waals surface area contributed by atoms with E-state index in [4.69, 9.17) is 5.11 Å². The third-order valence-electron chi connectivity index (χ3n) is 1.58. The van der Waals surface area contributed by atoms with E-state index in [2.05, 4.69) is 0 Å². The van der Waals surface area contributed by atoms with E-state index in [1.807, 2.05) is 0 Å². The fourth-order valence-electron chi connectivity index (χ4n) is 0.942. The highest BCUT2D eigenvalue weighted by atomic mass is 19.4. The Balaban J connectivity index is 3.12. The molecule has 0 rings (SSSR count). The van der Waals surface area contributed by atoms with E-state index in [0.29, 0.717) is 19.3 Å². The molecule has 12 heavy (non-hydrogen) atoms. The van der Waals surface area contributed by atoms with Crippen LogP contribution in [0.25, 0.3) is 0 Å². The second-order valence-electron chi connectivity index (χ2n) is 3.06. The van der Waals surface area contributed by atoms with E-state index in [9.17, 15) is 13.2 Å². The zero-order chi connectivity index (χ0) is 9.61. The number of alkyl halides is 3. The van der Waals surface area contributed by atoms with Crippen LogP contribution in [0.15, 0.2) is 0 Å². The summed E-state index contributed by atoms with van der Waals surface area (Å²) in [6.07, 6.45) is -3.12. The number of hydrogen-bond donors (Lipinski definition) is 1. The first-order chi connectivity index (χ1) is 5.42. The van der Waals surface area contributed by atoms with Crippen LogP contribution < -0.4 is 0 Å². The van der Waals surface area contributed by atoms with E-state index in [1.54, 1.807) is 6.92 Å². The van der Waals surface area contributed by atoms with Crippen molar-refractivity contribution in [1.29, 1.82) is 0 Å². The highest BCUT2D eigenvalue weighted by Crippen LogP contribution is 2.22. The minimum absolute atomic E-state index is 0.177. The maximum atomic E-state index is 11.6. The first-order valence-corrected chi connectivity index (χ1v) is 4.16. The Morgan fingerprint density at radius 1 is 1.17 bits per heavy atom. The summed E-state index contributed by atoms with van der Waals surface area (Å²) in [4.78, 5) is 0. The van der Waals surface area contributed by atoms with Crippen LogP contribution in [0.4, 0.5) is 13.2 Å². The number of aliphatic hydroxyl groups is 1. The number of hydrogen-bond acceptors (Lipinski definition) is 1. The Morgan fingerprint density at radius 3 is 2.17 bits per heavy atom. The van der Waals surface area contributed by atoms with Gasteiger partial charge in [0.1, 0.15) is 0 Å². The molecule has 0 aromatic carbocycles. The third kappa shape index (κ3) is 9.75. The van der Waals surface area contributed by atoms with Crippen molar-refractivity contribution in [2.24, 2.45) is 0 Å². The van der Waals surface area contributed by atoms with Crippen LogP contribution in [-0.2, 0) is 0 Å². The van der Waals surface area contributed by atoms with Gasteiger partial charge in [-0.25, -0.2) is 0 Å². The molecule has 0 bridgehead atoms. The molecule has 0 spiro atoms. The van der Waals surface area contributed by atoms with Gasteiger partial charge >= 0.3 is 6.18 Å². The Bertz CT molecular complexity index is 109. The highest BCUT2D eigenvalue weighted by Gasteiger charge is 2.25. The van der Waals surface area contributed by atoms with E-state index in [0.717, 1.165) is 0 Å². The minimum atomic E-state index is -4.02. The third-order valence-corrected chi connectivity index (χ3v) is 1.58. The average Bonchev–Trinajstić information content (AvgIpc) is 1.83. The predicted octanol–water partition coefficient (Wildman–Crippen LogP) is 2.88. The second-order valence-corrected chi connectivity index (χ2v) is 3.06. The number of aliphatic hydroxyl groups excluding tert-OH is 1. The summed E-state index contributed by atoms with van der Waals surface area (Å²) in [6.45, 7) is 1.64. The molecule has 1 unspecified atom stereocenters. The lowest BCUT2D eigenvalue weighted by Crippen LogP contribution is -2.06. The topological polar surface area (TPSA) is 20.2 Å². The summed E-state index contributed by atoms with van der Waals surface area (Å²) < 4.78 is 34.8. The van der Waals surface area contributed by atoms with Gasteiger partial charge in [-0.1, -0.05) is 12.8 Å². The Morgan fingerprint density at radius 2 is 1.75 bits per heavy atom. The van der Waals surface area contributed by atoms with Gasteiger partial charge in [-0.2, -0.15) is 13.2 Å². The molecule has 0 heterocycles. The van der Waals surface area contributed by atoms with E-state index >= 15 is 0 Å². The second kappa shape index (κ2) is 5.41. The molecule has 0 aromatic rings. The molecule has 1 nitrogen and oxygen atoms in total.